The largest absolute Gasteiger partial charge is 0.380 e. The van der Waals surface area contributed by atoms with Crippen molar-refractivity contribution >= 4 is 23.0 Å². The molecule has 0 unspecified atom stereocenters. The lowest BCUT2D eigenvalue weighted by atomic mass is 10.1. The van der Waals surface area contributed by atoms with Crippen molar-refractivity contribution in [3.63, 3.8) is 0 Å². The highest BCUT2D eigenvalue weighted by Crippen LogP contribution is 2.23. The van der Waals surface area contributed by atoms with E-state index in [2.05, 4.69) is 10.6 Å². The van der Waals surface area contributed by atoms with Crippen molar-refractivity contribution in [2.45, 2.75) is 32.6 Å². The van der Waals surface area contributed by atoms with E-state index in [1.165, 1.54) is 0 Å². The van der Waals surface area contributed by atoms with E-state index in [1.807, 2.05) is 31.2 Å². The molecule has 2 aromatic rings. The third kappa shape index (κ3) is 4.20. The van der Waals surface area contributed by atoms with Crippen molar-refractivity contribution in [3.05, 3.63) is 50.3 Å². The zero-order chi connectivity index (χ0) is 17.5. The van der Waals surface area contributed by atoms with Crippen LogP contribution in [-0.2, 0) is 4.79 Å². The van der Waals surface area contributed by atoms with Crippen LogP contribution in [0.15, 0.2) is 33.9 Å². The molecule has 0 fully saturated rings. The minimum absolute atomic E-state index is 0.261. The van der Waals surface area contributed by atoms with Gasteiger partial charge in [0.15, 0.2) is 0 Å². The number of nitrogens with one attached hydrogen (secondary N) is 3. The van der Waals surface area contributed by atoms with Gasteiger partial charge in [-0.05, 0) is 31.4 Å². The fourth-order valence-electron chi connectivity index (χ4n) is 2.38. The lowest BCUT2D eigenvalue weighted by Crippen LogP contribution is -2.36. The summed E-state index contributed by atoms with van der Waals surface area (Å²) in [4.78, 5) is 34.3. The zero-order valence-electron chi connectivity index (χ0n) is 13.5. The van der Waals surface area contributed by atoms with Crippen molar-refractivity contribution in [1.29, 1.82) is 0 Å². The number of hydrogen-bond donors (Lipinski definition) is 4. The van der Waals surface area contributed by atoms with Gasteiger partial charge in [-0.2, -0.15) is 0 Å². The Bertz CT molecular complexity index is 778. The van der Waals surface area contributed by atoms with Crippen LogP contribution < -0.4 is 27.0 Å². The summed E-state index contributed by atoms with van der Waals surface area (Å²) in [5, 5.41) is 14.4. The van der Waals surface area contributed by atoms with Crippen LogP contribution in [-0.4, -0.2) is 17.7 Å². The maximum absolute atomic E-state index is 11.8. The Kier molecular flexibility index (Phi) is 6.08. The lowest BCUT2D eigenvalue weighted by molar-refractivity contribution is -0.129. The van der Waals surface area contributed by atoms with Gasteiger partial charge in [0.1, 0.15) is 11.4 Å². The molecule has 0 saturated heterocycles. The summed E-state index contributed by atoms with van der Waals surface area (Å²) in [6, 6.07) is 7.53. The molecule has 4 N–H and O–H groups in total. The number of hydroxylamine groups is 1. The second-order valence-electron chi connectivity index (χ2n) is 5.62. The topological polar surface area (TPSA) is 108 Å². The Morgan fingerprint density at radius 3 is 2.46 bits per heavy atom. The molecular formula is C17H21N3O4. The van der Waals surface area contributed by atoms with Gasteiger partial charge in [-0.15, -0.1) is 0 Å². The lowest BCUT2D eigenvalue weighted by Gasteiger charge is -2.16. The van der Waals surface area contributed by atoms with Crippen molar-refractivity contribution in [2.75, 3.05) is 17.2 Å². The van der Waals surface area contributed by atoms with Crippen LogP contribution >= 0.6 is 0 Å². The first-order valence-electron chi connectivity index (χ1n) is 7.87. The Balaban J connectivity index is 1.85. The van der Waals surface area contributed by atoms with Gasteiger partial charge in [-0.3, -0.25) is 19.6 Å². The summed E-state index contributed by atoms with van der Waals surface area (Å²) in [5.74, 6) is -0.407. The van der Waals surface area contributed by atoms with Gasteiger partial charge < -0.3 is 10.6 Å². The molecule has 7 nitrogen and oxygen atoms in total. The number of carbonyl (C=O) groups excluding carboxylic acids is 1. The van der Waals surface area contributed by atoms with Crippen LogP contribution in [0.2, 0.25) is 0 Å². The molecule has 7 heteroatoms. The van der Waals surface area contributed by atoms with Gasteiger partial charge >= 0.3 is 0 Å². The number of para-hydroxylation sites is 1. The molecule has 0 aliphatic rings. The first-order chi connectivity index (χ1) is 11.5. The minimum atomic E-state index is -0.514. The fourth-order valence-corrected chi connectivity index (χ4v) is 2.38. The molecule has 0 saturated carbocycles. The molecule has 0 bridgehead atoms. The second-order valence-corrected chi connectivity index (χ2v) is 5.62. The van der Waals surface area contributed by atoms with Crippen LogP contribution in [0.25, 0.3) is 0 Å². The highest BCUT2D eigenvalue weighted by molar-refractivity contribution is 5.79. The molecule has 24 heavy (non-hydrogen) atoms. The van der Waals surface area contributed by atoms with Crippen LogP contribution in [0.1, 0.15) is 31.2 Å². The monoisotopic (exact) mass is 331 g/mol. The van der Waals surface area contributed by atoms with Crippen molar-refractivity contribution < 1.29 is 10.0 Å². The maximum atomic E-state index is 11.8. The number of unbranched alkanes of at least 4 members (excludes halogenated alkanes) is 2. The average Bonchev–Trinajstić information content (AvgIpc) is 2.60. The van der Waals surface area contributed by atoms with Crippen molar-refractivity contribution in [1.82, 2.24) is 5.48 Å². The molecule has 0 radical (unpaired) electrons. The maximum Gasteiger partial charge on any atom is 0.253 e. The Morgan fingerprint density at radius 1 is 1.04 bits per heavy atom. The highest BCUT2D eigenvalue weighted by atomic mass is 16.5. The number of hydrogen-bond acceptors (Lipinski definition) is 6. The third-order valence-corrected chi connectivity index (χ3v) is 3.82. The van der Waals surface area contributed by atoms with E-state index in [0.29, 0.717) is 24.3 Å². The van der Waals surface area contributed by atoms with E-state index >= 15 is 0 Å². The number of amides is 1. The molecule has 0 atom stereocenters. The Hall–Kier alpha value is -2.67. The third-order valence-electron chi connectivity index (χ3n) is 3.82. The zero-order valence-corrected chi connectivity index (χ0v) is 13.5. The van der Waals surface area contributed by atoms with E-state index in [9.17, 15) is 14.4 Å². The standard InChI is InChI=1S/C17H21N3O4/c1-11-7-4-5-8-12(11)19-15-14(16(22)17(15)23)18-10-6-2-3-9-13(21)20-24/h4-5,7-8,18-19,24H,2-3,6,9-10H2,1H3,(H,20,21). The molecule has 0 spiro atoms. The van der Waals surface area contributed by atoms with E-state index in [0.717, 1.165) is 24.1 Å². The summed E-state index contributed by atoms with van der Waals surface area (Å²) < 4.78 is 0. The van der Waals surface area contributed by atoms with Gasteiger partial charge in [0.05, 0.1) is 0 Å². The van der Waals surface area contributed by atoms with Crippen LogP contribution in [0.3, 0.4) is 0 Å². The summed E-state index contributed by atoms with van der Waals surface area (Å²) >= 11 is 0. The van der Waals surface area contributed by atoms with Crippen molar-refractivity contribution in [2.24, 2.45) is 0 Å². The van der Waals surface area contributed by atoms with Gasteiger partial charge in [0, 0.05) is 18.7 Å². The van der Waals surface area contributed by atoms with E-state index in [4.69, 9.17) is 5.21 Å². The molecular weight excluding hydrogens is 310 g/mol. The number of aryl methyl sites for hydroxylation is 1. The summed E-state index contributed by atoms with van der Waals surface area (Å²) in [7, 11) is 0. The smallest absolute Gasteiger partial charge is 0.253 e. The number of anilines is 3. The summed E-state index contributed by atoms with van der Waals surface area (Å²) in [6.45, 7) is 2.46. The number of rotatable bonds is 9. The van der Waals surface area contributed by atoms with Crippen LogP contribution in [0.4, 0.5) is 17.1 Å². The molecule has 0 aromatic heterocycles. The van der Waals surface area contributed by atoms with E-state index in [1.54, 1.807) is 5.48 Å². The predicted octanol–water partition coefficient (Wildman–Crippen LogP) is 1.81. The molecule has 2 rings (SSSR count). The quantitative estimate of drug-likeness (QED) is 0.242. The van der Waals surface area contributed by atoms with E-state index in [-0.39, 0.29) is 6.42 Å². The molecule has 0 heterocycles. The SMILES string of the molecule is Cc1ccccc1Nc1c(NCCCCCC(=O)NO)c(=O)c1=O. The van der Waals surface area contributed by atoms with Gasteiger partial charge in [-0.1, -0.05) is 24.6 Å². The Morgan fingerprint density at radius 2 is 1.75 bits per heavy atom. The molecule has 0 aliphatic heterocycles. The molecule has 2 aromatic carbocycles. The van der Waals surface area contributed by atoms with Crippen LogP contribution in [0, 0.1) is 6.92 Å². The van der Waals surface area contributed by atoms with Gasteiger partial charge in [0.2, 0.25) is 5.91 Å². The highest BCUT2D eigenvalue weighted by Gasteiger charge is 2.20. The Labute approximate surface area is 139 Å². The van der Waals surface area contributed by atoms with Gasteiger partial charge in [-0.25, -0.2) is 5.48 Å². The van der Waals surface area contributed by atoms with Crippen LogP contribution in [0.5, 0.6) is 0 Å². The first-order valence-corrected chi connectivity index (χ1v) is 7.87. The number of benzene rings is 1. The fraction of sp³-hybridized carbons (Fsp3) is 0.353. The van der Waals surface area contributed by atoms with Gasteiger partial charge in [0.25, 0.3) is 10.9 Å². The molecule has 1 amide bonds. The van der Waals surface area contributed by atoms with Crippen molar-refractivity contribution in [3.8, 4) is 0 Å². The number of carbonyl (C=O) groups is 1. The second kappa shape index (κ2) is 8.26. The molecule has 128 valence electrons. The average molecular weight is 331 g/mol. The normalized spacial score (nSPS) is 10.6. The predicted molar refractivity (Wildman–Crippen MR) is 92.7 cm³/mol. The molecule has 0 aliphatic carbocycles. The minimum Gasteiger partial charge on any atom is -0.380 e. The summed E-state index contributed by atoms with van der Waals surface area (Å²) in [5.41, 5.74) is 2.96. The first kappa shape index (κ1) is 17.7. The van der Waals surface area contributed by atoms with E-state index < -0.39 is 16.8 Å². The summed E-state index contributed by atoms with van der Waals surface area (Å²) in [6.07, 6.45) is 2.43.